The summed E-state index contributed by atoms with van der Waals surface area (Å²) in [7, 11) is 0. The van der Waals surface area contributed by atoms with Crippen molar-refractivity contribution < 1.29 is 4.79 Å². The zero-order valence-corrected chi connectivity index (χ0v) is 11.7. The van der Waals surface area contributed by atoms with Crippen molar-refractivity contribution in [2.45, 2.75) is 33.2 Å². The maximum atomic E-state index is 12.0. The van der Waals surface area contributed by atoms with Crippen LogP contribution in [0.5, 0.6) is 0 Å². The molecule has 2 rings (SSSR count). The minimum absolute atomic E-state index is 0.126. The first-order valence-corrected chi connectivity index (χ1v) is 6.32. The van der Waals surface area contributed by atoms with Gasteiger partial charge in [-0.05, 0) is 20.8 Å². The molecule has 0 aliphatic carbocycles. The predicted octanol–water partition coefficient (Wildman–Crippen LogP) is 0.530. The van der Waals surface area contributed by atoms with E-state index in [9.17, 15) is 9.59 Å². The maximum absolute atomic E-state index is 12.0. The predicted molar refractivity (Wildman–Crippen MR) is 73.2 cm³/mol. The summed E-state index contributed by atoms with van der Waals surface area (Å²) in [5.41, 5.74) is 2.52. The SMILES string of the molecule is Cc1nc(=O)[nH]c(C)c1CC(=O)NC(C)c1cn[nH]c1. The Balaban J connectivity index is 2.07. The molecular formula is C13H17N5O2. The lowest BCUT2D eigenvalue weighted by molar-refractivity contribution is -0.121. The van der Waals surface area contributed by atoms with Crippen LogP contribution in [-0.4, -0.2) is 26.1 Å². The molecule has 0 saturated heterocycles. The molecule has 0 saturated carbocycles. The van der Waals surface area contributed by atoms with Crippen LogP contribution in [-0.2, 0) is 11.2 Å². The number of amides is 1. The quantitative estimate of drug-likeness (QED) is 0.757. The highest BCUT2D eigenvalue weighted by Gasteiger charge is 2.14. The molecular weight excluding hydrogens is 258 g/mol. The molecule has 3 N–H and O–H groups in total. The maximum Gasteiger partial charge on any atom is 0.345 e. The molecule has 0 fully saturated rings. The Bertz CT molecular complexity index is 634. The monoisotopic (exact) mass is 275 g/mol. The van der Waals surface area contributed by atoms with Crippen molar-refractivity contribution in [1.82, 2.24) is 25.5 Å². The number of H-pyrrole nitrogens is 2. The van der Waals surface area contributed by atoms with Crippen molar-refractivity contribution in [2.24, 2.45) is 0 Å². The van der Waals surface area contributed by atoms with Gasteiger partial charge in [0.05, 0.1) is 18.7 Å². The van der Waals surface area contributed by atoms with E-state index in [1.54, 1.807) is 26.2 Å². The molecule has 2 aromatic rings. The van der Waals surface area contributed by atoms with Gasteiger partial charge in [-0.2, -0.15) is 10.1 Å². The summed E-state index contributed by atoms with van der Waals surface area (Å²) in [4.78, 5) is 29.7. The van der Waals surface area contributed by atoms with Crippen molar-refractivity contribution in [3.8, 4) is 0 Å². The summed E-state index contributed by atoms with van der Waals surface area (Å²) in [5, 5.41) is 9.43. The molecule has 0 aliphatic heterocycles. The third kappa shape index (κ3) is 3.11. The van der Waals surface area contributed by atoms with Gasteiger partial charge in [-0.15, -0.1) is 0 Å². The fraction of sp³-hybridized carbons (Fsp3) is 0.385. The van der Waals surface area contributed by atoms with Crippen molar-refractivity contribution >= 4 is 5.91 Å². The number of aryl methyl sites for hydroxylation is 2. The van der Waals surface area contributed by atoms with Crippen molar-refractivity contribution in [1.29, 1.82) is 0 Å². The Morgan fingerprint density at radius 2 is 2.20 bits per heavy atom. The van der Waals surface area contributed by atoms with Gasteiger partial charge in [0.2, 0.25) is 5.91 Å². The Morgan fingerprint density at radius 1 is 1.45 bits per heavy atom. The minimum Gasteiger partial charge on any atom is -0.349 e. The largest absolute Gasteiger partial charge is 0.349 e. The highest BCUT2D eigenvalue weighted by Crippen LogP contribution is 2.11. The summed E-state index contributed by atoms with van der Waals surface area (Å²) < 4.78 is 0. The zero-order chi connectivity index (χ0) is 14.7. The van der Waals surface area contributed by atoms with Gasteiger partial charge < -0.3 is 10.3 Å². The topological polar surface area (TPSA) is 104 Å². The average Bonchev–Trinajstić information content (AvgIpc) is 2.87. The van der Waals surface area contributed by atoms with E-state index < -0.39 is 5.69 Å². The Kier molecular flexibility index (Phi) is 3.97. The molecule has 7 heteroatoms. The first-order valence-electron chi connectivity index (χ1n) is 6.32. The van der Waals surface area contributed by atoms with Gasteiger partial charge in [0.15, 0.2) is 0 Å². The number of carbonyl (C=O) groups is 1. The lowest BCUT2D eigenvalue weighted by Gasteiger charge is -2.13. The van der Waals surface area contributed by atoms with E-state index in [1.807, 2.05) is 6.92 Å². The second kappa shape index (κ2) is 5.68. The summed E-state index contributed by atoms with van der Waals surface area (Å²) in [5.74, 6) is -0.126. The fourth-order valence-corrected chi connectivity index (χ4v) is 2.05. The third-order valence-corrected chi connectivity index (χ3v) is 3.19. The van der Waals surface area contributed by atoms with Crippen LogP contribution in [0, 0.1) is 13.8 Å². The summed E-state index contributed by atoms with van der Waals surface area (Å²) >= 11 is 0. The standard InChI is InChI=1S/C13H17N5O2/c1-7(10-5-14-15-6-10)16-12(19)4-11-8(2)17-13(20)18-9(11)3/h5-7H,4H2,1-3H3,(H,14,15)(H,16,19)(H,17,18,20). The highest BCUT2D eigenvalue weighted by molar-refractivity contribution is 5.79. The van der Waals surface area contributed by atoms with Crippen LogP contribution in [0.4, 0.5) is 0 Å². The molecule has 0 bridgehead atoms. The van der Waals surface area contributed by atoms with Crippen molar-refractivity contribution in [2.75, 3.05) is 0 Å². The van der Waals surface area contributed by atoms with Gasteiger partial charge in [0.25, 0.3) is 0 Å². The van der Waals surface area contributed by atoms with Crippen molar-refractivity contribution in [3.63, 3.8) is 0 Å². The zero-order valence-electron chi connectivity index (χ0n) is 11.7. The number of rotatable bonds is 4. The molecule has 7 nitrogen and oxygen atoms in total. The van der Waals surface area contributed by atoms with E-state index in [1.165, 1.54) is 0 Å². The summed E-state index contributed by atoms with van der Waals surface area (Å²) in [6, 6.07) is -0.127. The van der Waals surface area contributed by atoms with Gasteiger partial charge in [0.1, 0.15) is 0 Å². The molecule has 1 atom stereocenters. The number of aromatic nitrogens is 4. The number of hydrogen-bond acceptors (Lipinski definition) is 4. The highest BCUT2D eigenvalue weighted by atomic mass is 16.2. The first kappa shape index (κ1) is 14.0. The summed E-state index contributed by atoms with van der Waals surface area (Å²) in [6.45, 7) is 5.37. The van der Waals surface area contributed by atoms with Crippen LogP contribution in [0.3, 0.4) is 0 Å². The molecule has 0 aliphatic rings. The molecule has 2 aromatic heterocycles. The van der Waals surface area contributed by atoms with Gasteiger partial charge in [0, 0.05) is 28.7 Å². The minimum atomic E-state index is -0.393. The van der Waals surface area contributed by atoms with Crippen LogP contribution in [0.15, 0.2) is 17.2 Å². The average molecular weight is 275 g/mol. The van der Waals surface area contributed by atoms with Gasteiger partial charge in [-0.1, -0.05) is 0 Å². The number of aromatic amines is 2. The lowest BCUT2D eigenvalue weighted by Crippen LogP contribution is -2.29. The van der Waals surface area contributed by atoms with E-state index >= 15 is 0 Å². The second-order valence-corrected chi connectivity index (χ2v) is 4.73. The first-order chi connectivity index (χ1) is 9.47. The molecule has 0 radical (unpaired) electrons. The molecule has 0 spiro atoms. The molecule has 2 heterocycles. The van der Waals surface area contributed by atoms with E-state index in [0.717, 1.165) is 11.1 Å². The third-order valence-electron chi connectivity index (χ3n) is 3.19. The van der Waals surface area contributed by atoms with E-state index in [-0.39, 0.29) is 18.4 Å². The van der Waals surface area contributed by atoms with Gasteiger partial charge in [-0.3, -0.25) is 9.89 Å². The van der Waals surface area contributed by atoms with Crippen LogP contribution >= 0.6 is 0 Å². The Labute approximate surface area is 115 Å². The van der Waals surface area contributed by atoms with Crippen LogP contribution in [0.1, 0.15) is 35.5 Å². The molecule has 1 unspecified atom stereocenters. The number of nitrogens with one attached hydrogen (secondary N) is 3. The smallest absolute Gasteiger partial charge is 0.345 e. The van der Waals surface area contributed by atoms with Crippen LogP contribution in [0.2, 0.25) is 0 Å². The normalized spacial score (nSPS) is 12.2. The number of nitrogens with zero attached hydrogens (tertiary/aromatic N) is 2. The lowest BCUT2D eigenvalue weighted by atomic mass is 10.1. The fourth-order valence-electron chi connectivity index (χ4n) is 2.05. The number of carbonyl (C=O) groups excluding carboxylic acids is 1. The summed E-state index contributed by atoms with van der Waals surface area (Å²) in [6.07, 6.45) is 3.59. The molecule has 1 amide bonds. The molecule has 20 heavy (non-hydrogen) atoms. The van der Waals surface area contributed by atoms with Crippen LogP contribution in [0.25, 0.3) is 0 Å². The van der Waals surface area contributed by atoms with Gasteiger partial charge >= 0.3 is 5.69 Å². The number of hydrogen-bond donors (Lipinski definition) is 3. The molecule has 106 valence electrons. The Morgan fingerprint density at radius 3 is 2.80 bits per heavy atom. The van der Waals surface area contributed by atoms with Crippen LogP contribution < -0.4 is 11.0 Å². The van der Waals surface area contributed by atoms with Gasteiger partial charge in [-0.25, -0.2) is 4.79 Å². The van der Waals surface area contributed by atoms with E-state index in [0.29, 0.717) is 11.4 Å². The van der Waals surface area contributed by atoms with E-state index in [2.05, 4.69) is 25.5 Å². The van der Waals surface area contributed by atoms with E-state index in [4.69, 9.17) is 0 Å². The second-order valence-electron chi connectivity index (χ2n) is 4.73. The van der Waals surface area contributed by atoms with Crippen molar-refractivity contribution in [3.05, 3.63) is 45.4 Å². The Hall–Kier alpha value is -2.44. The molecule has 0 aromatic carbocycles.